The van der Waals surface area contributed by atoms with Crippen molar-refractivity contribution in [3.8, 4) is 0 Å². The Hall–Kier alpha value is -2.53. The molecule has 0 radical (unpaired) electrons. The van der Waals surface area contributed by atoms with Crippen molar-refractivity contribution < 1.29 is 19.2 Å². The van der Waals surface area contributed by atoms with Gasteiger partial charge in [0.25, 0.3) is 0 Å². The Morgan fingerprint density at radius 2 is 2.06 bits per heavy atom. The summed E-state index contributed by atoms with van der Waals surface area (Å²) < 4.78 is 15.4. The first-order valence-electron chi connectivity index (χ1n) is 11.8. The van der Waals surface area contributed by atoms with Crippen molar-refractivity contribution in [3.05, 3.63) is 11.6 Å². The van der Waals surface area contributed by atoms with Crippen LogP contribution in [0.2, 0.25) is 0 Å². The van der Waals surface area contributed by atoms with Gasteiger partial charge in [-0.25, -0.2) is 15.0 Å². The van der Waals surface area contributed by atoms with Crippen LogP contribution in [-0.4, -0.2) is 76.7 Å². The molecule has 2 heterocycles. The summed E-state index contributed by atoms with van der Waals surface area (Å²) in [6.45, 7) is 5.93. The minimum Gasteiger partial charge on any atom is -0.351 e. The zero-order valence-electron chi connectivity index (χ0n) is 19.8. The van der Waals surface area contributed by atoms with E-state index < -0.39 is 17.6 Å². The van der Waals surface area contributed by atoms with E-state index in [2.05, 4.69) is 32.6 Å². The van der Waals surface area contributed by atoms with Gasteiger partial charge >= 0.3 is 0 Å². The molecule has 0 aromatic carbocycles. The van der Waals surface area contributed by atoms with Crippen LogP contribution in [0.3, 0.4) is 0 Å². The first-order chi connectivity index (χ1) is 15.8. The number of amides is 2. The van der Waals surface area contributed by atoms with E-state index in [-0.39, 0.29) is 30.6 Å². The van der Waals surface area contributed by atoms with Gasteiger partial charge in [0.1, 0.15) is 5.82 Å². The SMILES string of the molecule is CCc1nc(NNC(=O)[C@@H](CC2CCCC2)CN(O)C=O)c(F)c(N2CCN(C)[C@@H](C)C2)n1. The molecule has 3 rings (SSSR count). The van der Waals surface area contributed by atoms with E-state index in [0.29, 0.717) is 42.7 Å². The highest BCUT2D eigenvalue weighted by atomic mass is 19.1. The van der Waals surface area contributed by atoms with Crippen LogP contribution in [-0.2, 0) is 16.0 Å². The number of likely N-dealkylation sites (N-methyl/N-ethyl adjacent to an activating group) is 1. The highest BCUT2D eigenvalue weighted by Crippen LogP contribution is 2.31. The van der Waals surface area contributed by atoms with Crippen LogP contribution in [0, 0.1) is 17.7 Å². The number of nitrogens with zero attached hydrogens (tertiary/aromatic N) is 5. The zero-order valence-corrected chi connectivity index (χ0v) is 19.8. The third kappa shape index (κ3) is 6.50. The van der Waals surface area contributed by atoms with Gasteiger partial charge in [-0.1, -0.05) is 32.6 Å². The Bertz CT molecular complexity index is 821. The van der Waals surface area contributed by atoms with Crippen LogP contribution >= 0.6 is 0 Å². The maximum absolute atomic E-state index is 15.4. The molecule has 0 unspecified atom stereocenters. The van der Waals surface area contributed by atoms with Gasteiger partial charge < -0.3 is 9.80 Å². The molecule has 11 heteroatoms. The number of carbonyl (C=O) groups excluding carboxylic acids is 2. The van der Waals surface area contributed by atoms with Crippen molar-refractivity contribution in [2.75, 3.05) is 43.6 Å². The number of halogens is 1. The predicted octanol–water partition coefficient (Wildman–Crippen LogP) is 1.81. The van der Waals surface area contributed by atoms with Gasteiger partial charge in [0.15, 0.2) is 11.6 Å². The molecule has 0 bridgehead atoms. The summed E-state index contributed by atoms with van der Waals surface area (Å²) in [5.74, 6) is -0.684. The number of rotatable bonds is 10. The highest BCUT2D eigenvalue weighted by Gasteiger charge is 2.29. The van der Waals surface area contributed by atoms with E-state index >= 15 is 4.39 Å². The lowest BCUT2D eigenvalue weighted by atomic mass is 9.92. The first kappa shape index (κ1) is 25.1. The average Bonchev–Trinajstić information content (AvgIpc) is 3.32. The molecule has 2 amide bonds. The fraction of sp³-hybridized carbons (Fsp3) is 0.727. The second-order valence-electron chi connectivity index (χ2n) is 9.18. The number of nitrogens with one attached hydrogen (secondary N) is 2. The smallest absolute Gasteiger partial charge is 0.243 e. The van der Waals surface area contributed by atoms with Crippen LogP contribution < -0.4 is 15.8 Å². The van der Waals surface area contributed by atoms with Gasteiger partial charge in [-0.2, -0.15) is 4.39 Å². The Morgan fingerprint density at radius 3 is 2.70 bits per heavy atom. The number of carbonyl (C=O) groups is 2. The summed E-state index contributed by atoms with van der Waals surface area (Å²) in [4.78, 5) is 36.5. The Morgan fingerprint density at radius 1 is 1.33 bits per heavy atom. The van der Waals surface area contributed by atoms with E-state index in [4.69, 9.17) is 0 Å². The molecular formula is C22H36FN7O3. The molecule has 10 nitrogen and oxygen atoms in total. The minimum atomic E-state index is -0.621. The van der Waals surface area contributed by atoms with Crippen molar-refractivity contribution in [1.29, 1.82) is 0 Å². The molecule has 33 heavy (non-hydrogen) atoms. The lowest BCUT2D eigenvalue weighted by Crippen LogP contribution is -2.50. The standard InChI is InChI=1S/C22H36FN7O3/c1-4-18-24-20(19(23)21(25-18)29-10-9-28(3)15(2)12-29)26-27-22(32)17(13-30(33)14-31)11-16-7-5-6-8-16/h14-17,33H,4-13H2,1-3H3,(H,27,32)(H,24,25,26)/t15-,17-/m0/s1. The average molecular weight is 466 g/mol. The minimum absolute atomic E-state index is 0.0901. The molecule has 1 aliphatic heterocycles. The van der Waals surface area contributed by atoms with Crippen LogP contribution in [0.25, 0.3) is 0 Å². The molecule has 2 fully saturated rings. The van der Waals surface area contributed by atoms with E-state index in [9.17, 15) is 14.8 Å². The van der Waals surface area contributed by atoms with E-state index in [1.807, 2.05) is 18.9 Å². The Labute approximate surface area is 194 Å². The van der Waals surface area contributed by atoms with Crippen molar-refractivity contribution in [1.82, 2.24) is 25.4 Å². The third-order valence-electron chi connectivity index (χ3n) is 6.75. The van der Waals surface area contributed by atoms with Crippen molar-refractivity contribution >= 4 is 24.0 Å². The first-order valence-corrected chi connectivity index (χ1v) is 11.8. The number of piperazine rings is 1. The predicted molar refractivity (Wildman–Crippen MR) is 122 cm³/mol. The third-order valence-corrected chi connectivity index (χ3v) is 6.75. The molecule has 0 spiro atoms. The molecule has 2 atom stereocenters. The normalized spacial score (nSPS) is 20.5. The van der Waals surface area contributed by atoms with Gasteiger partial charge in [-0.3, -0.25) is 25.6 Å². The summed E-state index contributed by atoms with van der Waals surface area (Å²) >= 11 is 0. The van der Waals surface area contributed by atoms with Gasteiger partial charge in [0.05, 0.1) is 12.5 Å². The second kappa shape index (κ2) is 11.6. The number of hydrogen-bond donors (Lipinski definition) is 3. The monoisotopic (exact) mass is 465 g/mol. The summed E-state index contributed by atoms with van der Waals surface area (Å²) in [5, 5.41) is 10.1. The number of hydrogen-bond acceptors (Lipinski definition) is 8. The molecule has 3 N–H and O–H groups in total. The Kier molecular flexibility index (Phi) is 8.79. The molecule has 1 aromatic heterocycles. The van der Waals surface area contributed by atoms with Crippen LogP contribution in [0.15, 0.2) is 0 Å². The molecule has 1 saturated heterocycles. The zero-order chi connectivity index (χ0) is 24.0. The van der Waals surface area contributed by atoms with Crippen LogP contribution in [0.4, 0.5) is 16.0 Å². The number of anilines is 2. The van der Waals surface area contributed by atoms with Crippen LogP contribution in [0.5, 0.6) is 0 Å². The highest BCUT2D eigenvalue weighted by molar-refractivity contribution is 5.80. The lowest BCUT2D eigenvalue weighted by Gasteiger charge is -2.38. The molecule has 184 valence electrons. The summed E-state index contributed by atoms with van der Waals surface area (Å²) in [7, 11) is 2.04. The lowest BCUT2D eigenvalue weighted by molar-refractivity contribution is -0.154. The number of hydrazine groups is 1. The number of aromatic nitrogens is 2. The van der Waals surface area contributed by atoms with Crippen LogP contribution in [0.1, 0.15) is 51.8 Å². The largest absolute Gasteiger partial charge is 0.351 e. The Balaban J connectivity index is 1.72. The summed E-state index contributed by atoms with van der Waals surface area (Å²) in [5.41, 5.74) is 5.17. The van der Waals surface area contributed by atoms with E-state index in [0.717, 1.165) is 32.2 Å². The molecule has 1 aromatic rings. The van der Waals surface area contributed by atoms with Gasteiger partial charge in [-0.05, 0) is 26.3 Å². The van der Waals surface area contributed by atoms with Gasteiger partial charge in [-0.15, -0.1) is 0 Å². The topological polar surface area (TPSA) is 114 Å². The van der Waals surface area contributed by atoms with Crippen molar-refractivity contribution in [2.45, 2.75) is 58.4 Å². The quantitative estimate of drug-likeness (QED) is 0.272. The number of hydroxylamine groups is 2. The fourth-order valence-corrected chi connectivity index (χ4v) is 4.58. The van der Waals surface area contributed by atoms with Gasteiger partial charge in [0.2, 0.25) is 18.1 Å². The second-order valence-corrected chi connectivity index (χ2v) is 9.18. The number of aryl methyl sites for hydroxylation is 1. The summed E-state index contributed by atoms with van der Waals surface area (Å²) in [6.07, 6.45) is 5.63. The molecule has 1 aliphatic carbocycles. The van der Waals surface area contributed by atoms with E-state index in [1.165, 1.54) is 0 Å². The van der Waals surface area contributed by atoms with Gasteiger partial charge in [0, 0.05) is 32.1 Å². The molecule has 1 saturated carbocycles. The fourth-order valence-electron chi connectivity index (χ4n) is 4.58. The van der Waals surface area contributed by atoms with Crippen molar-refractivity contribution in [3.63, 3.8) is 0 Å². The molecule has 2 aliphatic rings. The maximum Gasteiger partial charge on any atom is 0.243 e. The molecular weight excluding hydrogens is 429 g/mol. The maximum atomic E-state index is 15.4. The van der Waals surface area contributed by atoms with E-state index in [1.54, 1.807) is 0 Å². The summed E-state index contributed by atoms with van der Waals surface area (Å²) in [6, 6.07) is 0.255. The van der Waals surface area contributed by atoms with Crippen molar-refractivity contribution in [2.24, 2.45) is 11.8 Å².